The molecule has 0 spiro atoms. The third kappa shape index (κ3) is 3.84. The number of rotatable bonds is 4. The van der Waals surface area contributed by atoms with E-state index in [1.807, 2.05) is 4.90 Å². The van der Waals surface area contributed by atoms with E-state index in [1.54, 1.807) is 23.2 Å². The van der Waals surface area contributed by atoms with E-state index in [0.717, 1.165) is 18.4 Å². The zero-order valence-corrected chi connectivity index (χ0v) is 15.1. The Morgan fingerprint density at radius 3 is 2.59 bits per heavy atom. The van der Waals surface area contributed by atoms with Gasteiger partial charge in [-0.3, -0.25) is 9.59 Å². The van der Waals surface area contributed by atoms with E-state index in [9.17, 15) is 14.0 Å². The molecule has 7 nitrogen and oxygen atoms in total. The lowest BCUT2D eigenvalue weighted by atomic mass is 10.1. The van der Waals surface area contributed by atoms with Crippen molar-refractivity contribution in [2.75, 3.05) is 19.6 Å². The van der Waals surface area contributed by atoms with Gasteiger partial charge < -0.3 is 9.80 Å². The molecule has 0 atom stereocenters. The summed E-state index contributed by atoms with van der Waals surface area (Å²) in [6, 6.07) is 6.44. The third-order valence-corrected chi connectivity index (χ3v) is 5.33. The van der Waals surface area contributed by atoms with Gasteiger partial charge in [0.05, 0.1) is 12.7 Å². The Bertz CT molecular complexity index is 829. The topological polar surface area (TPSA) is 71.3 Å². The lowest BCUT2D eigenvalue weighted by Crippen LogP contribution is -2.54. The number of hydrogen-bond donors (Lipinski definition) is 0. The first-order valence-electron chi connectivity index (χ1n) is 9.33. The fourth-order valence-electron chi connectivity index (χ4n) is 3.87. The van der Waals surface area contributed by atoms with Crippen LogP contribution < -0.4 is 0 Å². The van der Waals surface area contributed by atoms with Crippen molar-refractivity contribution in [2.24, 2.45) is 0 Å². The van der Waals surface area contributed by atoms with Crippen LogP contribution in [0.1, 0.15) is 41.7 Å². The van der Waals surface area contributed by atoms with E-state index in [2.05, 4.69) is 10.3 Å². The summed E-state index contributed by atoms with van der Waals surface area (Å²) in [5.41, 5.74) is 1.08. The van der Waals surface area contributed by atoms with Gasteiger partial charge in [-0.2, -0.15) is 0 Å². The number of amides is 2. The Kier molecular flexibility index (Phi) is 4.87. The van der Waals surface area contributed by atoms with Crippen LogP contribution in [-0.2, 0) is 11.3 Å². The maximum Gasteiger partial charge on any atom is 0.276 e. The summed E-state index contributed by atoms with van der Waals surface area (Å²) in [4.78, 5) is 28.6. The first-order valence-corrected chi connectivity index (χ1v) is 9.33. The van der Waals surface area contributed by atoms with Gasteiger partial charge in [-0.05, 0) is 30.5 Å². The molecule has 2 fully saturated rings. The summed E-state index contributed by atoms with van der Waals surface area (Å²) in [6.45, 7) is 1.60. The smallest absolute Gasteiger partial charge is 0.276 e. The molecule has 0 radical (unpaired) electrons. The maximum absolute atomic E-state index is 13.0. The lowest BCUT2D eigenvalue weighted by Gasteiger charge is -2.37. The van der Waals surface area contributed by atoms with Crippen molar-refractivity contribution in [1.29, 1.82) is 0 Å². The summed E-state index contributed by atoms with van der Waals surface area (Å²) in [5, 5.41) is 7.93. The molecule has 0 N–H and O–H groups in total. The van der Waals surface area contributed by atoms with Gasteiger partial charge in [0.25, 0.3) is 5.91 Å². The van der Waals surface area contributed by atoms with Gasteiger partial charge >= 0.3 is 0 Å². The van der Waals surface area contributed by atoms with Crippen LogP contribution in [0.25, 0.3) is 0 Å². The van der Waals surface area contributed by atoms with E-state index in [-0.39, 0.29) is 29.9 Å². The predicted molar refractivity (Wildman–Crippen MR) is 95.4 cm³/mol. The maximum atomic E-state index is 13.0. The number of piperazine rings is 1. The number of carbonyl (C=O) groups is 2. The highest BCUT2D eigenvalue weighted by molar-refractivity contribution is 5.95. The lowest BCUT2D eigenvalue weighted by molar-refractivity contribution is -0.137. The van der Waals surface area contributed by atoms with Gasteiger partial charge in [0.2, 0.25) is 5.91 Å². The summed E-state index contributed by atoms with van der Waals surface area (Å²) in [6.07, 6.45) is 6.05. The van der Waals surface area contributed by atoms with Crippen molar-refractivity contribution in [3.8, 4) is 0 Å². The number of aromatic nitrogens is 3. The first-order chi connectivity index (χ1) is 13.1. The molecule has 8 heteroatoms. The fraction of sp³-hybridized carbons (Fsp3) is 0.474. The fourth-order valence-corrected chi connectivity index (χ4v) is 3.87. The van der Waals surface area contributed by atoms with Crippen LogP contribution in [0.15, 0.2) is 30.5 Å². The second kappa shape index (κ2) is 7.46. The molecule has 27 heavy (non-hydrogen) atoms. The van der Waals surface area contributed by atoms with Gasteiger partial charge in [-0.1, -0.05) is 30.2 Å². The van der Waals surface area contributed by atoms with Crippen LogP contribution in [0.5, 0.6) is 0 Å². The van der Waals surface area contributed by atoms with Gasteiger partial charge in [0, 0.05) is 19.1 Å². The van der Waals surface area contributed by atoms with Crippen molar-refractivity contribution in [2.45, 2.75) is 38.3 Å². The second-order valence-corrected chi connectivity index (χ2v) is 7.18. The average Bonchev–Trinajstić information content (AvgIpc) is 3.35. The van der Waals surface area contributed by atoms with Crippen molar-refractivity contribution in [3.05, 3.63) is 47.5 Å². The highest BCUT2D eigenvalue weighted by atomic mass is 19.1. The number of carbonyl (C=O) groups excluding carboxylic acids is 2. The number of halogens is 1. The van der Waals surface area contributed by atoms with Crippen LogP contribution in [0, 0.1) is 5.82 Å². The molecule has 2 aliphatic rings. The largest absolute Gasteiger partial charge is 0.336 e. The van der Waals surface area contributed by atoms with Gasteiger partial charge in [-0.25, -0.2) is 9.07 Å². The van der Waals surface area contributed by atoms with Crippen molar-refractivity contribution in [3.63, 3.8) is 0 Å². The van der Waals surface area contributed by atoms with Gasteiger partial charge in [-0.15, -0.1) is 5.10 Å². The molecule has 1 aliphatic carbocycles. The highest BCUT2D eigenvalue weighted by Gasteiger charge is 2.33. The molecule has 1 aromatic carbocycles. The van der Waals surface area contributed by atoms with E-state index in [1.165, 1.54) is 29.7 Å². The average molecular weight is 371 g/mol. The second-order valence-electron chi connectivity index (χ2n) is 7.18. The van der Waals surface area contributed by atoms with Crippen molar-refractivity contribution < 1.29 is 14.0 Å². The monoisotopic (exact) mass is 371 g/mol. The zero-order chi connectivity index (χ0) is 18.8. The standard InChI is InChI=1S/C19H22FN5O2/c20-15-7-5-14(6-8-15)11-24-12-17(21-22-24)19(27)23-9-10-25(18(26)13-23)16-3-1-2-4-16/h5-8,12,16H,1-4,9-11,13H2. The zero-order valence-electron chi connectivity index (χ0n) is 15.1. The van der Waals surface area contributed by atoms with Gasteiger partial charge in [0.1, 0.15) is 12.4 Å². The number of benzene rings is 1. The summed E-state index contributed by atoms with van der Waals surface area (Å²) < 4.78 is 14.5. The Labute approximate surface area is 156 Å². The molecule has 0 unspecified atom stereocenters. The Morgan fingerprint density at radius 1 is 1.15 bits per heavy atom. The molecule has 2 amide bonds. The molecule has 0 bridgehead atoms. The van der Waals surface area contributed by atoms with Crippen molar-refractivity contribution >= 4 is 11.8 Å². The van der Waals surface area contributed by atoms with E-state index < -0.39 is 0 Å². The van der Waals surface area contributed by atoms with E-state index in [0.29, 0.717) is 25.7 Å². The minimum Gasteiger partial charge on any atom is -0.336 e. The molecular formula is C19H22FN5O2. The number of hydrogen-bond acceptors (Lipinski definition) is 4. The quantitative estimate of drug-likeness (QED) is 0.820. The summed E-state index contributed by atoms with van der Waals surface area (Å²) in [5.74, 6) is -0.561. The molecule has 1 aromatic heterocycles. The minimum absolute atomic E-state index is 0.0141. The normalized spacial score (nSPS) is 18.3. The third-order valence-electron chi connectivity index (χ3n) is 5.33. The number of nitrogens with zero attached hydrogens (tertiary/aromatic N) is 5. The molecule has 142 valence electrons. The van der Waals surface area contributed by atoms with Gasteiger partial charge in [0.15, 0.2) is 5.69 Å². The summed E-state index contributed by atoms with van der Waals surface area (Å²) in [7, 11) is 0. The predicted octanol–water partition coefficient (Wildman–Crippen LogP) is 1.69. The first kappa shape index (κ1) is 17.6. The SMILES string of the molecule is O=C(c1cn(Cc2ccc(F)cc2)nn1)N1CCN(C2CCCC2)C(=O)C1. The Morgan fingerprint density at radius 2 is 1.89 bits per heavy atom. The molecule has 2 aromatic rings. The Hall–Kier alpha value is -2.77. The molecular weight excluding hydrogens is 349 g/mol. The molecule has 1 saturated carbocycles. The van der Waals surface area contributed by atoms with E-state index in [4.69, 9.17) is 0 Å². The van der Waals surface area contributed by atoms with Crippen LogP contribution in [0.4, 0.5) is 4.39 Å². The molecule has 1 saturated heterocycles. The minimum atomic E-state index is -0.297. The molecule has 1 aliphatic heterocycles. The molecule has 4 rings (SSSR count). The van der Waals surface area contributed by atoms with Crippen LogP contribution in [0.3, 0.4) is 0 Å². The molecule has 2 heterocycles. The van der Waals surface area contributed by atoms with Crippen LogP contribution in [-0.4, -0.2) is 62.3 Å². The highest BCUT2D eigenvalue weighted by Crippen LogP contribution is 2.25. The van der Waals surface area contributed by atoms with Crippen molar-refractivity contribution in [1.82, 2.24) is 24.8 Å². The van der Waals surface area contributed by atoms with Crippen LogP contribution >= 0.6 is 0 Å². The van der Waals surface area contributed by atoms with E-state index >= 15 is 0 Å². The Balaban J connectivity index is 1.38. The van der Waals surface area contributed by atoms with Crippen LogP contribution in [0.2, 0.25) is 0 Å². The summed E-state index contributed by atoms with van der Waals surface area (Å²) >= 11 is 0.